The van der Waals surface area contributed by atoms with Crippen molar-refractivity contribution in [3.63, 3.8) is 0 Å². The molecule has 0 amide bonds. The summed E-state index contributed by atoms with van der Waals surface area (Å²) in [7, 11) is 0. The van der Waals surface area contributed by atoms with Gasteiger partial charge in [0.15, 0.2) is 11.5 Å². The van der Waals surface area contributed by atoms with E-state index in [4.69, 9.17) is 4.84 Å². The highest BCUT2D eigenvalue weighted by Crippen LogP contribution is 2.31. The van der Waals surface area contributed by atoms with Crippen LogP contribution in [-0.2, 0) is 15.8 Å². The minimum atomic E-state index is -4.35. The van der Waals surface area contributed by atoms with Crippen LogP contribution in [0, 0.1) is 0 Å². The van der Waals surface area contributed by atoms with Crippen LogP contribution in [0.1, 0.15) is 25.0 Å². The number of oxime groups is 1. The van der Waals surface area contributed by atoms with Crippen LogP contribution in [-0.4, -0.2) is 18.1 Å². The van der Waals surface area contributed by atoms with Gasteiger partial charge in [0.25, 0.3) is 0 Å². The Morgan fingerprint density at radius 3 is 1.92 bits per heavy atom. The van der Waals surface area contributed by atoms with E-state index in [0.29, 0.717) is 17.7 Å². The second-order valence-corrected chi connectivity index (χ2v) is 5.07. The zero-order valence-electron chi connectivity index (χ0n) is 13.2. The van der Waals surface area contributed by atoms with Crippen molar-refractivity contribution in [3.05, 3.63) is 59.7 Å². The lowest BCUT2D eigenvalue weighted by molar-refractivity contribution is -0.137. The van der Waals surface area contributed by atoms with Crippen LogP contribution < -0.4 is 0 Å². The molecule has 0 unspecified atom stereocenters. The Morgan fingerprint density at radius 2 is 1.50 bits per heavy atom. The molecule has 0 saturated heterocycles. The standard InChI is InChI=1S/C18H16F3NO2/c1-3-24-22-17(12(2)23)15-6-4-13(5-7-15)14-8-10-16(11-9-14)18(19,20)21/h4-11H,3H2,1-2H3/b22-17+. The molecule has 0 radical (unpaired) electrons. The summed E-state index contributed by atoms with van der Waals surface area (Å²) in [6.07, 6.45) is -4.35. The van der Waals surface area contributed by atoms with Crippen molar-refractivity contribution >= 4 is 11.5 Å². The summed E-state index contributed by atoms with van der Waals surface area (Å²) in [6, 6.07) is 11.7. The van der Waals surface area contributed by atoms with E-state index < -0.39 is 11.7 Å². The number of benzene rings is 2. The van der Waals surface area contributed by atoms with Crippen LogP contribution >= 0.6 is 0 Å². The molecule has 0 aliphatic heterocycles. The Morgan fingerprint density at radius 1 is 1.00 bits per heavy atom. The van der Waals surface area contributed by atoms with Crippen molar-refractivity contribution in [1.82, 2.24) is 0 Å². The van der Waals surface area contributed by atoms with Gasteiger partial charge in [-0.05, 0) is 30.2 Å². The number of carbonyl (C=O) groups excluding carboxylic acids is 1. The number of halogens is 3. The van der Waals surface area contributed by atoms with E-state index in [9.17, 15) is 18.0 Å². The normalized spacial score (nSPS) is 12.1. The Labute approximate surface area is 137 Å². The minimum Gasteiger partial charge on any atom is -0.396 e. The Kier molecular flexibility index (Phi) is 5.39. The van der Waals surface area contributed by atoms with Gasteiger partial charge in [-0.1, -0.05) is 41.6 Å². The number of carbonyl (C=O) groups is 1. The molecular formula is C18H16F3NO2. The van der Waals surface area contributed by atoms with E-state index >= 15 is 0 Å². The van der Waals surface area contributed by atoms with Gasteiger partial charge in [-0.2, -0.15) is 13.2 Å². The summed E-state index contributed by atoms with van der Waals surface area (Å²) in [6.45, 7) is 3.50. The molecule has 0 aliphatic rings. The van der Waals surface area contributed by atoms with Gasteiger partial charge in [-0.25, -0.2) is 0 Å². The molecule has 3 nitrogen and oxygen atoms in total. The smallest absolute Gasteiger partial charge is 0.396 e. The first-order valence-electron chi connectivity index (χ1n) is 7.32. The Balaban J connectivity index is 2.27. The number of nitrogens with zero attached hydrogens (tertiary/aromatic N) is 1. The molecule has 2 aromatic carbocycles. The van der Waals surface area contributed by atoms with Crippen molar-refractivity contribution in [2.45, 2.75) is 20.0 Å². The van der Waals surface area contributed by atoms with E-state index in [1.54, 1.807) is 31.2 Å². The molecule has 0 N–H and O–H groups in total. The van der Waals surface area contributed by atoms with Gasteiger partial charge in [0.2, 0.25) is 0 Å². The fourth-order valence-corrected chi connectivity index (χ4v) is 2.12. The van der Waals surface area contributed by atoms with E-state index in [-0.39, 0.29) is 11.5 Å². The van der Waals surface area contributed by atoms with Gasteiger partial charge in [-0.15, -0.1) is 0 Å². The van der Waals surface area contributed by atoms with Crippen molar-refractivity contribution < 1.29 is 22.8 Å². The first-order valence-corrected chi connectivity index (χ1v) is 7.32. The third-order valence-electron chi connectivity index (χ3n) is 3.32. The zero-order valence-corrected chi connectivity index (χ0v) is 13.2. The topological polar surface area (TPSA) is 38.7 Å². The van der Waals surface area contributed by atoms with E-state index in [1.165, 1.54) is 19.1 Å². The van der Waals surface area contributed by atoms with Gasteiger partial charge < -0.3 is 4.84 Å². The molecule has 2 rings (SSSR count). The second-order valence-electron chi connectivity index (χ2n) is 5.07. The Bertz CT molecular complexity index is 732. The molecular weight excluding hydrogens is 319 g/mol. The number of hydrogen-bond acceptors (Lipinski definition) is 3. The maximum absolute atomic E-state index is 12.6. The highest BCUT2D eigenvalue weighted by atomic mass is 19.4. The molecule has 24 heavy (non-hydrogen) atoms. The molecule has 0 saturated carbocycles. The van der Waals surface area contributed by atoms with Gasteiger partial charge in [0.1, 0.15) is 6.61 Å². The predicted octanol–water partition coefficient (Wildman–Crippen LogP) is 4.70. The maximum atomic E-state index is 12.6. The van der Waals surface area contributed by atoms with Crippen LogP contribution in [0.25, 0.3) is 11.1 Å². The number of Topliss-reactive ketones (excluding diaryl/α,β-unsaturated/α-hetero) is 1. The van der Waals surface area contributed by atoms with Crippen LogP contribution in [0.4, 0.5) is 13.2 Å². The summed E-state index contributed by atoms with van der Waals surface area (Å²) in [5.41, 5.74) is 1.50. The summed E-state index contributed by atoms with van der Waals surface area (Å²) in [4.78, 5) is 16.6. The first-order chi connectivity index (χ1) is 11.3. The van der Waals surface area contributed by atoms with Crippen LogP contribution in [0.3, 0.4) is 0 Å². The molecule has 0 aliphatic carbocycles. The maximum Gasteiger partial charge on any atom is 0.416 e. The van der Waals surface area contributed by atoms with E-state index in [2.05, 4.69) is 5.16 Å². The number of alkyl halides is 3. The molecule has 0 heterocycles. The molecule has 126 valence electrons. The van der Waals surface area contributed by atoms with Crippen molar-refractivity contribution in [2.24, 2.45) is 5.16 Å². The lowest BCUT2D eigenvalue weighted by Crippen LogP contribution is -2.12. The first kappa shape index (κ1) is 17.7. The molecule has 0 spiro atoms. The average Bonchev–Trinajstić information content (AvgIpc) is 2.55. The predicted molar refractivity (Wildman–Crippen MR) is 85.7 cm³/mol. The summed E-state index contributed by atoms with van der Waals surface area (Å²) < 4.78 is 37.8. The zero-order chi connectivity index (χ0) is 17.7. The van der Waals surface area contributed by atoms with E-state index in [1.807, 2.05) is 0 Å². The third-order valence-corrected chi connectivity index (χ3v) is 3.32. The van der Waals surface area contributed by atoms with Crippen molar-refractivity contribution in [3.8, 4) is 11.1 Å². The summed E-state index contributed by atoms with van der Waals surface area (Å²) in [5, 5.41) is 3.80. The lowest BCUT2D eigenvalue weighted by atomic mass is 10.00. The molecule has 0 aromatic heterocycles. The SMILES string of the molecule is CCO/N=C(\C(C)=O)c1ccc(-c2ccc(C(F)(F)F)cc2)cc1. The number of ketones is 1. The summed E-state index contributed by atoms with van der Waals surface area (Å²) >= 11 is 0. The van der Waals surface area contributed by atoms with Gasteiger partial charge >= 0.3 is 6.18 Å². The van der Waals surface area contributed by atoms with Gasteiger partial charge in [0, 0.05) is 12.5 Å². The fourth-order valence-electron chi connectivity index (χ4n) is 2.12. The molecule has 6 heteroatoms. The highest BCUT2D eigenvalue weighted by Gasteiger charge is 2.29. The lowest BCUT2D eigenvalue weighted by Gasteiger charge is -2.08. The van der Waals surface area contributed by atoms with Crippen LogP contribution in [0.2, 0.25) is 0 Å². The van der Waals surface area contributed by atoms with Crippen molar-refractivity contribution in [2.75, 3.05) is 6.61 Å². The average molecular weight is 335 g/mol. The monoisotopic (exact) mass is 335 g/mol. The molecule has 2 aromatic rings. The number of rotatable bonds is 5. The van der Waals surface area contributed by atoms with Gasteiger partial charge in [-0.3, -0.25) is 4.79 Å². The fraction of sp³-hybridized carbons (Fsp3) is 0.222. The Hall–Kier alpha value is -2.63. The second kappa shape index (κ2) is 7.29. The quantitative estimate of drug-likeness (QED) is 0.587. The third kappa shape index (κ3) is 4.22. The number of hydrogen-bond donors (Lipinski definition) is 0. The van der Waals surface area contributed by atoms with Crippen LogP contribution in [0.5, 0.6) is 0 Å². The minimum absolute atomic E-state index is 0.204. The van der Waals surface area contributed by atoms with Crippen LogP contribution in [0.15, 0.2) is 53.7 Å². The molecule has 0 bridgehead atoms. The van der Waals surface area contributed by atoms with E-state index in [0.717, 1.165) is 17.7 Å². The molecule has 0 atom stereocenters. The largest absolute Gasteiger partial charge is 0.416 e. The molecule has 0 fully saturated rings. The highest BCUT2D eigenvalue weighted by molar-refractivity contribution is 6.45. The van der Waals surface area contributed by atoms with Crippen molar-refractivity contribution in [1.29, 1.82) is 0 Å². The summed E-state index contributed by atoms with van der Waals surface area (Å²) in [5.74, 6) is -0.231. The van der Waals surface area contributed by atoms with Gasteiger partial charge in [0.05, 0.1) is 5.56 Å².